The fraction of sp³-hybridized carbons (Fsp3) is 0.316. The number of carbonyl (C=O) groups is 1. The Balaban J connectivity index is 2.21. The molecule has 0 aliphatic heterocycles. The molecule has 0 aliphatic carbocycles. The number of sulfone groups is 1. The highest BCUT2D eigenvalue weighted by molar-refractivity contribution is 7.89. The van der Waals surface area contributed by atoms with Gasteiger partial charge in [-0.25, -0.2) is 12.8 Å². The summed E-state index contributed by atoms with van der Waals surface area (Å²) in [6.07, 6.45) is 1.16. The maximum Gasteiger partial charge on any atom is 0.251 e. The van der Waals surface area contributed by atoms with Crippen LogP contribution in [0, 0.1) is 11.7 Å². The Morgan fingerprint density at radius 2 is 1.76 bits per heavy atom. The number of rotatable bonds is 6. The van der Waals surface area contributed by atoms with Crippen molar-refractivity contribution >= 4 is 15.7 Å². The largest absolute Gasteiger partial charge is 0.345 e. The van der Waals surface area contributed by atoms with E-state index < -0.39 is 9.84 Å². The number of carbonyl (C=O) groups excluding carboxylic acids is 1. The van der Waals surface area contributed by atoms with E-state index in [1.165, 1.54) is 12.1 Å². The van der Waals surface area contributed by atoms with Gasteiger partial charge in [-0.2, -0.15) is 0 Å². The number of benzene rings is 2. The smallest absolute Gasteiger partial charge is 0.251 e. The monoisotopic (exact) mass is 363 g/mol. The third kappa shape index (κ3) is 5.67. The number of halogens is 1. The maximum atomic E-state index is 13.1. The van der Waals surface area contributed by atoms with Crippen LogP contribution in [0.1, 0.15) is 41.4 Å². The van der Waals surface area contributed by atoms with E-state index >= 15 is 0 Å². The van der Waals surface area contributed by atoms with Gasteiger partial charge in [0.1, 0.15) is 5.82 Å². The standard InChI is InChI=1S/C19H22FNO3S/c1-13(2)18(15-7-9-17(20)10-8-15)21-19(22)16-6-4-5-14(11-16)12-25(3,23)24/h4-11,13,18H,12H2,1-3H3,(H,21,22). The quantitative estimate of drug-likeness (QED) is 0.854. The van der Waals surface area contributed by atoms with Crippen LogP contribution in [0.15, 0.2) is 48.5 Å². The van der Waals surface area contributed by atoms with Crippen LogP contribution in [0.2, 0.25) is 0 Å². The molecule has 6 heteroatoms. The van der Waals surface area contributed by atoms with Crippen LogP contribution in [0.5, 0.6) is 0 Å². The van der Waals surface area contributed by atoms with E-state index in [4.69, 9.17) is 0 Å². The van der Waals surface area contributed by atoms with Crippen LogP contribution < -0.4 is 5.32 Å². The molecular weight excluding hydrogens is 341 g/mol. The van der Waals surface area contributed by atoms with Gasteiger partial charge in [-0.05, 0) is 41.3 Å². The second-order valence-corrected chi connectivity index (χ2v) is 8.66. The molecule has 4 nitrogen and oxygen atoms in total. The minimum absolute atomic E-state index is 0.105. The average molecular weight is 363 g/mol. The second-order valence-electron chi connectivity index (χ2n) is 6.52. The van der Waals surface area contributed by atoms with Crippen LogP contribution in [-0.4, -0.2) is 20.6 Å². The van der Waals surface area contributed by atoms with Crippen LogP contribution in [0.25, 0.3) is 0 Å². The molecule has 25 heavy (non-hydrogen) atoms. The molecular formula is C19H22FNO3S. The molecule has 2 aromatic carbocycles. The number of hydrogen-bond donors (Lipinski definition) is 1. The van der Waals surface area contributed by atoms with Gasteiger partial charge in [0.25, 0.3) is 5.91 Å². The lowest BCUT2D eigenvalue weighted by Crippen LogP contribution is -2.31. The third-order valence-corrected chi connectivity index (χ3v) is 4.66. The van der Waals surface area contributed by atoms with E-state index in [1.807, 2.05) is 13.8 Å². The summed E-state index contributed by atoms with van der Waals surface area (Å²) in [4.78, 5) is 12.6. The first kappa shape index (κ1) is 19.1. The van der Waals surface area contributed by atoms with E-state index in [9.17, 15) is 17.6 Å². The lowest BCUT2D eigenvalue weighted by Gasteiger charge is -2.23. The molecule has 0 bridgehead atoms. The summed E-state index contributed by atoms with van der Waals surface area (Å²) in [5.41, 5.74) is 1.78. The highest BCUT2D eigenvalue weighted by Crippen LogP contribution is 2.22. The molecule has 0 aromatic heterocycles. The van der Waals surface area contributed by atoms with Gasteiger partial charge >= 0.3 is 0 Å². The summed E-state index contributed by atoms with van der Waals surface area (Å²) in [6, 6.07) is 12.3. The first-order valence-electron chi connectivity index (χ1n) is 7.99. The van der Waals surface area contributed by atoms with Gasteiger partial charge in [-0.1, -0.05) is 38.1 Å². The fourth-order valence-corrected chi connectivity index (χ4v) is 3.42. The molecule has 0 heterocycles. The molecule has 0 spiro atoms. The fourth-order valence-electron chi connectivity index (χ4n) is 2.63. The molecule has 0 saturated heterocycles. The molecule has 1 N–H and O–H groups in total. The Morgan fingerprint density at radius 1 is 1.12 bits per heavy atom. The zero-order chi connectivity index (χ0) is 18.6. The lowest BCUT2D eigenvalue weighted by atomic mass is 9.95. The second kappa shape index (κ2) is 7.78. The molecule has 0 saturated carbocycles. The average Bonchev–Trinajstić information content (AvgIpc) is 2.52. The van der Waals surface area contributed by atoms with E-state index in [-0.39, 0.29) is 29.4 Å². The Hall–Kier alpha value is -2.21. The molecule has 0 fully saturated rings. The maximum absolute atomic E-state index is 13.1. The highest BCUT2D eigenvalue weighted by Gasteiger charge is 2.19. The molecule has 2 aromatic rings. The van der Waals surface area contributed by atoms with Crippen molar-refractivity contribution in [3.8, 4) is 0 Å². The van der Waals surface area contributed by atoms with Gasteiger partial charge in [0, 0.05) is 11.8 Å². The van der Waals surface area contributed by atoms with Crippen LogP contribution in [0.4, 0.5) is 4.39 Å². The molecule has 1 unspecified atom stereocenters. The molecule has 0 radical (unpaired) electrons. The first-order chi connectivity index (χ1) is 11.7. The lowest BCUT2D eigenvalue weighted by molar-refractivity contribution is 0.0925. The van der Waals surface area contributed by atoms with Crippen molar-refractivity contribution in [3.63, 3.8) is 0 Å². The topological polar surface area (TPSA) is 63.2 Å². The van der Waals surface area contributed by atoms with Gasteiger partial charge in [-0.15, -0.1) is 0 Å². The van der Waals surface area contributed by atoms with Crippen molar-refractivity contribution in [3.05, 3.63) is 71.0 Å². The van der Waals surface area contributed by atoms with Gasteiger partial charge in [0.05, 0.1) is 11.8 Å². The third-order valence-electron chi connectivity index (χ3n) is 3.80. The van der Waals surface area contributed by atoms with Gasteiger partial charge in [-0.3, -0.25) is 4.79 Å². The van der Waals surface area contributed by atoms with Gasteiger partial charge < -0.3 is 5.32 Å². The van der Waals surface area contributed by atoms with Crippen LogP contribution >= 0.6 is 0 Å². The predicted molar refractivity (Wildman–Crippen MR) is 96.4 cm³/mol. The summed E-state index contributed by atoms with van der Waals surface area (Å²) in [5.74, 6) is -0.627. The van der Waals surface area contributed by atoms with Crippen LogP contribution in [-0.2, 0) is 15.6 Å². The summed E-state index contributed by atoms with van der Waals surface area (Å²) in [6.45, 7) is 3.93. The predicted octanol–water partition coefficient (Wildman–Crippen LogP) is 3.50. The van der Waals surface area contributed by atoms with Gasteiger partial charge in [0.2, 0.25) is 0 Å². The SMILES string of the molecule is CC(C)C(NC(=O)c1cccc(CS(C)(=O)=O)c1)c1ccc(F)cc1. The Morgan fingerprint density at radius 3 is 2.32 bits per heavy atom. The molecule has 134 valence electrons. The summed E-state index contributed by atoms with van der Waals surface area (Å²) >= 11 is 0. The van der Waals surface area contributed by atoms with Gasteiger partial charge in [0.15, 0.2) is 9.84 Å². The zero-order valence-electron chi connectivity index (χ0n) is 14.5. The van der Waals surface area contributed by atoms with E-state index in [2.05, 4.69) is 5.32 Å². The van der Waals surface area contributed by atoms with Crippen LogP contribution in [0.3, 0.4) is 0 Å². The van der Waals surface area contributed by atoms with Crippen molar-refractivity contribution in [1.82, 2.24) is 5.32 Å². The number of hydrogen-bond acceptors (Lipinski definition) is 3. The minimum Gasteiger partial charge on any atom is -0.345 e. The summed E-state index contributed by atoms with van der Waals surface area (Å²) in [7, 11) is -3.17. The summed E-state index contributed by atoms with van der Waals surface area (Å²) < 4.78 is 36.0. The number of amides is 1. The van der Waals surface area contributed by atoms with E-state index in [1.54, 1.807) is 36.4 Å². The molecule has 0 aliphatic rings. The normalized spacial score (nSPS) is 12.8. The van der Waals surface area contributed by atoms with Crippen molar-refractivity contribution < 1.29 is 17.6 Å². The molecule has 1 amide bonds. The van der Waals surface area contributed by atoms with Crippen molar-refractivity contribution in [2.24, 2.45) is 5.92 Å². The summed E-state index contributed by atoms with van der Waals surface area (Å²) in [5, 5.41) is 2.95. The molecule has 2 rings (SSSR count). The van der Waals surface area contributed by atoms with E-state index in [0.29, 0.717) is 11.1 Å². The minimum atomic E-state index is -3.17. The van der Waals surface area contributed by atoms with E-state index in [0.717, 1.165) is 11.8 Å². The van der Waals surface area contributed by atoms with Crippen molar-refractivity contribution in [2.45, 2.75) is 25.6 Å². The highest BCUT2D eigenvalue weighted by atomic mass is 32.2. The first-order valence-corrected chi connectivity index (χ1v) is 10.0. The zero-order valence-corrected chi connectivity index (χ0v) is 15.3. The Labute approximate surface area is 148 Å². The Bertz CT molecular complexity index is 845. The number of nitrogens with one attached hydrogen (secondary N) is 1. The Kier molecular flexibility index (Phi) is 5.95. The van der Waals surface area contributed by atoms with Crippen molar-refractivity contribution in [2.75, 3.05) is 6.26 Å². The van der Waals surface area contributed by atoms with Crippen molar-refractivity contribution in [1.29, 1.82) is 0 Å². The molecule has 1 atom stereocenters.